The molecule has 2 aromatic rings. The van der Waals surface area contributed by atoms with Gasteiger partial charge >= 0.3 is 5.97 Å². The maximum Gasteiger partial charge on any atom is 0.341 e. The number of carbonyl (C=O) groups is 2. The quantitative estimate of drug-likeness (QED) is 0.722. The average molecular weight is 347 g/mol. The van der Waals surface area contributed by atoms with E-state index >= 15 is 0 Å². The summed E-state index contributed by atoms with van der Waals surface area (Å²) in [6, 6.07) is 6.74. The number of methoxy groups -OCH3 is 2. The van der Waals surface area contributed by atoms with E-state index in [0.29, 0.717) is 5.75 Å². The highest BCUT2D eigenvalue weighted by atomic mass is 16.5. The maximum atomic E-state index is 12.4. The van der Waals surface area contributed by atoms with Crippen LogP contribution in [-0.2, 0) is 11.3 Å². The number of rotatable bonds is 8. The lowest BCUT2D eigenvalue weighted by molar-refractivity contribution is -0.139. The van der Waals surface area contributed by atoms with Crippen LogP contribution in [0.25, 0.3) is 0 Å². The monoisotopic (exact) mass is 347 g/mol. The van der Waals surface area contributed by atoms with Crippen molar-refractivity contribution in [1.82, 2.24) is 15.3 Å². The molecule has 0 saturated heterocycles. The Hall–Kier alpha value is -3.36. The van der Waals surface area contributed by atoms with Crippen LogP contribution in [0.4, 0.5) is 0 Å². The van der Waals surface area contributed by atoms with E-state index < -0.39 is 18.5 Å². The van der Waals surface area contributed by atoms with Gasteiger partial charge in [0, 0.05) is 6.54 Å². The minimum absolute atomic E-state index is 0.0887. The zero-order chi connectivity index (χ0) is 18.2. The Morgan fingerprint density at radius 1 is 1.16 bits per heavy atom. The Kier molecular flexibility index (Phi) is 6.10. The number of carboxylic acid groups (broad SMARTS) is 1. The summed E-state index contributed by atoms with van der Waals surface area (Å²) < 4.78 is 15.2. The fourth-order valence-corrected chi connectivity index (χ4v) is 2.02. The molecule has 0 saturated carbocycles. The van der Waals surface area contributed by atoms with Gasteiger partial charge in [0.1, 0.15) is 12.1 Å². The van der Waals surface area contributed by atoms with Gasteiger partial charge in [-0.3, -0.25) is 4.79 Å². The van der Waals surface area contributed by atoms with Crippen molar-refractivity contribution < 1.29 is 28.9 Å². The molecule has 0 radical (unpaired) electrons. The summed E-state index contributed by atoms with van der Waals surface area (Å²) in [5, 5.41) is 11.3. The number of nitrogens with zero attached hydrogens (tertiary/aromatic N) is 2. The number of carboxylic acids is 1. The third-order valence-corrected chi connectivity index (χ3v) is 3.11. The summed E-state index contributed by atoms with van der Waals surface area (Å²) in [5.41, 5.74) is 0.816. The number of benzene rings is 1. The number of aliphatic carboxylic acids is 1. The Bertz CT molecular complexity index is 743. The van der Waals surface area contributed by atoms with Crippen molar-refractivity contribution in [3.8, 4) is 17.5 Å². The lowest BCUT2D eigenvalue weighted by Gasteiger charge is -2.11. The highest BCUT2D eigenvalue weighted by Gasteiger charge is 2.20. The molecule has 9 nitrogen and oxygen atoms in total. The number of nitrogens with one attached hydrogen (secondary N) is 1. The van der Waals surface area contributed by atoms with Gasteiger partial charge in [0.05, 0.1) is 14.2 Å². The zero-order valence-electron chi connectivity index (χ0n) is 13.7. The second-order valence-corrected chi connectivity index (χ2v) is 4.78. The van der Waals surface area contributed by atoms with Gasteiger partial charge in [0.15, 0.2) is 12.2 Å². The molecule has 2 N–H and O–H groups in total. The number of hydrogen-bond donors (Lipinski definition) is 2. The molecule has 1 amide bonds. The van der Waals surface area contributed by atoms with E-state index in [-0.39, 0.29) is 23.9 Å². The lowest BCUT2D eigenvalue weighted by Crippen LogP contribution is -2.24. The number of aromatic nitrogens is 2. The molecule has 0 spiro atoms. The summed E-state index contributed by atoms with van der Waals surface area (Å²) in [5.74, 6) is -0.939. The molecule has 1 aromatic carbocycles. The second-order valence-electron chi connectivity index (χ2n) is 4.78. The van der Waals surface area contributed by atoms with Gasteiger partial charge < -0.3 is 24.6 Å². The van der Waals surface area contributed by atoms with E-state index in [4.69, 9.17) is 19.3 Å². The second kappa shape index (κ2) is 8.48. The van der Waals surface area contributed by atoms with Crippen LogP contribution in [0.15, 0.2) is 30.6 Å². The Labute approximate surface area is 143 Å². The first-order valence-electron chi connectivity index (χ1n) is 7.20. The summed E-state index contributed by atoms with van der Waals surface area (Å²) in [7, 11) is 2.78. The van der Waals surface area contributed by atoms with Crippen molar-refractivity contribution in [1.29, 1.82) is 0 Å². The molecule has 25 heavy (non-hydrogen) atoms. The molecule has 0 aliphatic carbocycles. The molecule has 0 unspecified atom stereocenters. The van der Waals surface area contributed by atoms with E-state index in [1.54, 1.807) is 24.3 Å². The van der Waals surface area contributed by atoms with Gasteiger partial charge in [0.2, 0.25) is 11.8 Å². The number of amides is 1. The lowest BCUT2D eigenvalue weighted by atomic mass is 10.2. The summed E-state index contributed by atoms with van der Waals surface area (Å²) in [6.07, 6.45) is 1.23. The van der Waals surface area contributed by atoms with Gasteiger partial charge in [-0.25, -0.2) is 14.8 Å². The Morgan fingerprint density at radius 2 is 1.84 bits per heavy atom. The summed E-state index contributed by atoms with van der Waals surface area (Å²) in [6.45, 7) is -0.254. The first-order chi connectivity index (χ1) is 12.0. The van der Waals surface area contributed by atoms with Gasteiger partial charge in [0.25, 0.3) is 5.91 Å². The standard InChI is InChI=1S/C16H17N3O6/c1-23-15-13(16(24-2)19-9-18-15)14(22)17-7-10-4-3-5-11(6-10)25-8-12(20)21/h3-6,9H,7-8H2,1-2H3,(H,17,22)(H,20,21). The molecule has 1 heterocycles. The van der Waals surface area contributed by atoms with E-state index in [9.17, 15) is 9.59 Å². The van der Waals surface area contributed by atoms with Crippen molar-refractivity contribution in [3.63, 3.8) is 0 Å². The van der Waals surface area contributed by atoms with E-state index in [2.05, 4.69) is 15.3 Å². The number of ether oxygens (including phenoxy) is 3. The fourth-order valence-electron chi connectivity index (χ4n) is 2.02. The topological polar surface area (TPSA) is 120 Å². The molecule has 132 valence electrons. The van der Waals surface area contributed by atoms with Crippen LogP contribution in [0.3, 0.4) is 0 Å². The molecule has 0 atom stereocenters. The minimum atomic E-state index is -1.07. The average Bonchev–Trinajstić information content (AvgIpc) is 2.64. The van der Waals surface area contributed by atoms with Gasteiger partial charge in [-0.05, 0) is 17.7 Å². The number of hydrogen-bond acceptors (Lipinski definition) is 7. The molecule has 0 bridgehead atoms. The molecular weight excluding hydrogens is 330 g/mol. The van der Waals surface area contributed by atoms with Gasteiger partial charge in [-0.2, -0.15) is 0 Å². The van der Waals surface area contributed by atoms with Crippen LogP contribution in [0.5, 0.6) is 17.5 Å². The van der Waals surface area contributed by atoms with Gasteiger partial charge in [-0.1, -0.05) is 12.1 Å². The van der Waals surface area contributed by atoms with E-state index in [0.717, 1.165) is 5.56 Å². The van der Waals surface area contributed by atoms with Crippen LogP contribution in [-0.4, -0.2) is 47.8 Å². The Balaban J connectivity index is 2.08. The minimum Gasteiger partial charge on any atom is -0.482 e. The predicted octanol–water partition coefficient (Wildman–Crippen LogP) is 0.887. The van der Waals surface area contributed by atoms with Crippen molar-refractivity contribution >= 4 is 11.9 Å². The maximum absolute atomic E-state index is 12.4. The SMILES string of the molecule is COc1ncnc(OC)c1C(=O)NCc1cccc(OCC(=O)O)c1. The molecule has 0 aliphatic heterocycles. The van der Waals surface area contributed by atoms with Crippen LogP contribution in [0.2, 0.25) is 0 Å². The zero-order valence-corrected chi connectivity index (χ0v) is 13.7. The largest absolute Gasteiger partial charge is 0.482 e. The molecule has 9 heteroatoms. The first-order valence-corrected chi connectivity index (χ1v) is 7.20. The van der Waals surface area contributed by atoms with Crippen LogP contribution >= 0.6 is 0 Å². The fraction of sp³-hybridized carbons (Fsp3) is 0.250. The molecular formula is C16H17N3O6. The predicted molar refractivity (Wildman–Crippen MR) is 85.9 cm³/mol. The van der Waals surface area contributed by atoms with Crippen LogP contribution in [0, 0.1) is 0 Å². The molecule has 1 aromatic heterocycles. The van der Waals surface area contributed by atoms with Crippen molar-refractivity contribution in [2.24, 2.45) is 0 Å². The highest BCUT2D eigenvalue weighted by Crippen LogP contribution is 2.23. The van der Waals surface area contributed by atoms with E-state index in [1.165, 1.54) is 20.5 Å². The highest BCUT2D eigenvalue weighted by molar-refractivity contribution is 5.98. The van der Waals surface area contributed by atoms with Gasteiger partial charge in [-0.15, -0.1) is 0 Å². The summed E-state index contributed by atoms with van der Waals surface area (Å²) >= 11 is 0. The Morgan fingerprint density at radius 3 is 2.44 bits per heavy atom. The molecule has 0 aliphatic rings. The third kappa shape index (κ3) is 4.80. The van der Waals surface area contributed by atoms with Crippen molar-refractivity contribution in [2.45, 2.75) is 6.54 Å². The van der Waals surface area contributed by atoms with Crippen molar-refractivity contribution in [3.05, 3.63) is 41.7 Å². The van der Waals surface area contributed by atoms with Crippen LogP contribution < -0.4 is 19.5 Å². The normalized spacial score (nSPS) is 10.0. The molecule has 0 fully saturated rings. The van der Waals surface area contributed by atoms with Crippen molar-refractivity contribution in [2.75, 3.05) is 20.8 Å². The summed E-state index contributed by atoms with van der Waals surface area (Å²) in [4.78, 5) is 30.7. The smallest absolute Gasteiger partial charge is 0.341 e. The first kappa shape index (κ1) is 18.0. The third-order valence-electron chi connectivity index (χ3n) is 3.11. The van der Waals surface area contributed by atoms with Crippen LogP contribution in [0.1, 0.15) is 15.9 Å². The molecule has 2 rings (SSSR count). The number of carbonyl (C=O) groups excluding carboxylic acids is 1. The van der Waals surface area contributed by atoms with E-state index in [1.807, 2.05) is 0 Å².